The molecule has 0 aromatic heterocycles. The maximum Gasteiger partial charge on any atom is 0.328 e. The summed E-state index contributed by atoms with van der Waals surface area (Å²) in [6.07, 6.45) is 1.88. The fourth-order valence-electron chi connectivity index (χ4n) is 2.80. The van der Waals surface area contributed by atoms with Crippen LogP contribution in [0.2, 0.25) is 0 Å². The minimum absolute atomic E-state index is 0.104. The van der Waals surface area contributed by atoms with E-state index in [1.807, 2.05) is 13.8 Å². The molecule has 0 spiro atoms. The molecular weight excluding hydrogens is 336 g/mol. The zero-order chi connectivity index (χ0) is 19.4. The summed E-state index contributed by atoms with van der Waals surface area (Å²) < 4.78 is 4.73. The molecule has 1 heterocycles. The maximum atomic E-state index is 12.5. The fraction of sp³-hybridized carbons (Fsp3) is 0.368. The minimum Gasteiger partial charge on any atom is -0.467 e. The molecular formula is C19H22N2O5. The van der Waals surface area contributed by atoms with E-state index in [0.717, 1.165) is 4.90 Å². The van der Waals surface area contributed by atoms with Gasteiger partial charge in [0.25, 0.3) is 17.7 Å². The summed E-state index contributed by atoms with van der Waals surface area (Å²) in [6.45, 7) is 7.49. The molecule has 0 aliphatic carbocycles. The molecule has 138 valence electrons. The summed E-state index contributed by atoms with van der Waals surface area (Å²) in [7, 11) is 1.26. The van der Waals surface area contributed by atoms with E-state index in [0.29, 0.717) is 6.42 Å². The highest BCUT2D eigenvalue weighted by molar-refractivity contribution is 6.22. The van der Waals surface area contributed by atoms with Gasteiger partial charge in [-0.3, -0.25) is 19.3 Å². The van der Waals surface area contributed by atoms with Gasteiger partial charge in [0.2, 0.25) is 0 Å². The Hall–Kier alpha value is -2.96. The Morgan fingerprint density at radius 2 is 1.88 bits per heavy atom. The van der Waals surface area contributed by atoms with Crippen molar-refractivity contribution >= 4 is 23.7 Å². The number of carbonyl (C=O) groups excluding carboxylic acids is 4. The van der Waals surface area contributed by atoms with E-state index in [1.54, 1.807) is 0 Å². The number of methoxy groups -OCH3 is 1. The second-order valence-corrected chi connectivity index (χ2v) is 6.45. The predicted octanol–water partition coefficient (Wildman–Crippen LogP) is 1.79. The number of hydrogen-bond acceptors (Lipinski definition) is 5. The van der Waals surface area contributed by atoms with Crippen molar-refractivity contribution < 1.29 is 23.9 Å². The van der Waals surface area contributed by atoms with Crippen LogP contribution in [0.4, 0.5) is 0 Å². The molecule has 1 atom stereocenters. The normalized spacial score (nSPS) is 14.2. The van der Waals surface area contributed by atoms with Crippen molar-refractivity contribution in [1.29, 1.82) is 0 Å². The molecule has 0 fully saturated rings. The van der Waals surface area contributed by atoms with E-state index in [2.05, 4.69) is 11.9 Å². The smallest absolute Gasteiger partial charge is 0.328 e. The van der Waals surface area contributed by atoms with Crippen LogP contribution in [-0.2, 0) is 9.53 Å². The molecule has 1 unspecified atom stereocenters. The number of nitrogens with zero attached hydrogens (tertiary/aromatic N) is 1. The fourth-order valence-corrected chi connectivity index (χ4v) is 2.80. The molecule has 26 heavy (non-hydrogen) atoms. The Bertz CT molecular complexity index is 769. The van der Waals surface area contributed by atoms with Crippen molar-refractivity contribution in [3.05, 3.63) is 47.5 Å². The van der Waals surface area contributed by atoms with Crippen molar-refractivity contribution in [1.82, 2.24) is 10.2 Å². The maximum absolute atomic E-state index is 12.5. The highest BCUT2D eigenvalue weighted by atomic mass is 16.5. The van der Waals surface area contributed by atoms with Crippen molar-refractivity contribution in [3.8, 4) is 0 Å². The number of amides is 3. The van der Waals surface area contributed by atoms with E-state index < -0.39 is 29.7 Å². The van der Waals surface area contributed by atoms with Crippen LogP contribution in [0.3, 0.4) is 0 Å². The third-order valence-corrected chi connectivity index (χ3v) is 4.04. The zero-order valence-electron chi connectivity index (χ0n) is 15.1. The van der Waals surface area contributed by atoms with Crippen LogP contribution in [0.15, 0.2) is 30.9 Å². The minimum atomic E-state index is -0.782. The predicted molar refractivity (Wildman–Crippen MR) is 94.7 cm³/mol. The molecule has 1 aliphatic rings. The molecule has 1 N–H and O–H groups in total. The van der Waals surface area contributed by atoms with E-state index in [1.165, 1.54) is 31.4 Å². The lowest BCUT2D eigenvalue weighted by Gasteiger charge is -2.18. The van der Waals surface area contributed by atoms with E-state index >= 15 is 0 Å². The molecule has 1 aromatic rings. The quantitative estimate of drug-likeness (QED) is 0.456. The average Bonchev–Trinajstić information content (AvgIpc) is 2.84. The second kappa shape index (κ2) is 7.95. The van der Waals surface area contributed by atoms with Gasteiger partial charge in [-0.15, -0.1) is 6.58 Å². The molecule has 1 aromatic carbocycles. The van der Waals surface area contributed by atoms with Crippen LogP contribution in [0.1, 0.15) is 51.3 Å². The van der Waals surface area contributed by atoms with Gasteiger partial charge < -0.3 is 10.1 Å². The van der Waals surface area contributed by atoms with Crippen molar-refractivity contribution in [2.24, 2.45) is 5.92 Å². The Balaban J connectivity index is 2.24. The van der Waals surface area contributed by atoms with E-state index in [9.17, 15) is 19.2 Å². The molecule has 7 heteroatoms. The molecule has 7 nitrogen and oxygen atoms in total. The van der Waals surface area contributed by atoms with E-state index in [-0.39, 0.29) is 29.2 Å². The number of esters is 1. The lowest BCUT2D eigenvalue weighted by atomic mass is 10.0. The number of nitrogens with one attached hydrogen (secondary N) is 1. The summed E-state index contributed by atoms with van der Waals surface area (Å²) in [6, 6.07) is 3.50. The summed E-state index contributed by atoms with van der Waals surface area (Å²) >= 11 is 0. The Kier molecular flexibility index (Phi) is 5.92. The number of rotatable bonds is 7. The Morgan fingerprint density at radius 3 is 2.46 bits per heavy atom. The van der Waals surface area contributed by atoms with Gasteiger partial charge >= 0.3 is 5.97 Å². The molecule has 0 saturated carbocycles. The molecule has 1 aliphatic heterocycles. The van der Waals surface area contributed by atoms with Crippen LogP contribution >= 0.6 is 0 Å². The third kappa shape index (κ3) is 3.82. The first-order chi connectivity index (χ1) is 12.3. The van der Waals surface area contributed by atoms with Gasteiger partial charge in [-0.2, -0.15) is 0 Å². The summed E-state index contributed by atoms with van der Waals surface area (Å²) in [5.41, 5.74) is 0.617. The highest BCUT2D eigenvalue weighted by Gasteiger charge is 2.35. The Morgan fingerprint density at radius 1 is 1.23 bits per heavy atom. The molecule has 0 saturated heterocycles. The molecule has 0 bridgehead atoms. The lowest BCUT2D eigenvalue weighted by Crippen LogP contribution is -2.42. The second-order valence-electron chi connectivity index (χ2n) is 6.45. The van der Waals surface area contributed by atoms with Crippen LogP contribution in [0.25, 0.3) is 0 Å². The van der Waals surface area contributed by atoms with Crippen LogP contribution < -0.4 is 5.32 Å². The van der Waals surface area contributed by atoms with Crippen LogP contribution in [0.5, 0.6) is 0 Å². The lowest BCUT2D eigenvalue weighted by molar-refractivity contribution is -0.143. The first-order valence-corrected chi connectivity index (χ1v) is 8.30. The van der Waals surface area contributed by atoms with Gasteiger partial charge in [-0.05, 0) is 30.5 Å². The number of imide groups is 1. The first kappa shape index (κ1) is 19.4. The van der Waals surface area contributed by atoms with Gasteiger partial charge in [0, 0.05) is 12.1 Å². The van der Waals surface area contributed by atoms with Gasteiger partial charge in [0.05, 0.1) is 18.2 Å². The summed E-state index contributed by atoms with van der Waals surface area (Å²) in [4.78, 5) is 50.0. The molecule has 2 rings (SSSR count). The number of ether oxygens (including phenoxy) is 1. The van der Waals surface area contributed by atoms with Gasteiger partial charge in [-0.25, -0.2) is 4.79 Å². The van der Waals surface area contributed by atoms with Crippen molar-refractivity contribution in [2.75, 3.05) is 13.7 Å². The number of hydrogen-bond donors (Lipinski definition) is 1. The van der Waals surface area contributed by atoms with Crippen molar-refractivity contribution in [3.63, 3.8) is 0 Å². The van der Waals surface area contributed by atoms with Crippen LogP contribution in [-0.4, -0.2) is 48.3 Å². The summed E-state index contributed by atoms with van der Waals surface area (Å²) in [5, 5.41) is 2.63. The Labute approximate surface area is 152 Å². The van der Waals surface area contributed by atoms with Gasteiger partial charge in [0.15, 0.2) is 0 Å². The molecule has 0 radical (unpaired) electrons. The number of carbonyl (C=O) groups is 4. The highest BCUT2D eigenvalue weighted by Crippen LogP contribution is 2.24. The number of fused-ring (bicyclic) bond motifs is 1. The SMILES string of the molecule is C=CCN1C(=O)c2ccc(C(=O)NC(CC(C)C)C(=O)OC)cc2C1=O. The monoisotopic (exact) mass is 358 g/mol. The number of benzene rings is 1. The van der Waals surface area contributed by atoms with Crippen LogP contribution in [0, 0.1) is 5.92 Å². The van der Waals surface area contributed by atoms with E-state index in [4.69, 9.17) is 4.74 Å². The zero-order valence-corrected chi connectivity index (χ0v) is 15.1. The largest absolute Gasteiger partial charge is 0.467 e. The molecule has 3 amide bonds. The van der Waals surface area contributed by atoms with Crippen molar-refractivity contribution in [2.45, 2.75) is 26.3 Å². The van der Waals surface area contributed by atoms with Gasteiger partial charge in [-0.1, -0.05) is 19.9 Å². The third-order valence-electron chi connectivity index (χ3n) is 4.04. The average molecular weight is 358 g/mol. The first-order valence-electron chi connectivity index (χ1n) is 8.30. The standard InChI is InChI=1S/C19H22N2O5/c1-5-8-21-17(23)13-7-6-12(10-14(13)18(21)24)16(22)20-15(9-11(2)3)19(25)26-4/h5-7,10-11,15H,1,8-9H2,2-4H3,(H,20,22). The van der Waals surface area contributed by atoms with Gasteiger partial charge in [0.1, 0.15) is 6.04 Å². The summed E-state index contributed by atoms with van der Waals surface area (Å²) in [5.74, 6) is -1.75. The topological polar surface area (TPSA) is 92.8 Å².